The third-order valence-corrected chi connectivity index (χ3v) is 2.81. The summed E-state index contributed by atoms with van der Waals surface area (Å²) in [6.45, 7) is 15.1. The SMILES string of the molecule is C=CCCC(C)(C)C(C)C=C(C)C. The van der Waals surface area contributed by atoms with Crippen LogP contribution in [0.15, 0.2) is 24.3 Å². The Bertz CT molecular complexity index is 180. The van der Waals surface area contributed by atoms with E-state index in [9.17, 15) is 0 Å². The highest BCUT2D eigenvalue weighted by Gasteiger charge is 2.22. The van der Waals surface area contributed by atoms with E-state index in [1.54, 1.807) is 0 Å². The molecule has 0 rings (SSSR count). The van der Waals surface area contributed by atoms with E-state index in [0.29, 0.717) is 11.3 Å². The molecule has 0 bridgehead atoms. The maximum Gasteiger partial charge on any atom is -0.0208 e. The summed E-state index contributed by atoms with van der Waals surface area (Å²) < 4.78 is 0. The van der Waals surface area contributed by atoms with Gasteiger partial charge in [0.2, 0.25) is 0 Å². The van der Waals surface area contributed by atoms with E-state index < -0.39 is 0 Å². The van der Waals surface area contributed by atoms with Crippen LogP contribution < -0.4 is 0 Å². The molecule has 0 N–H and O–H groups in total. The van der Waals surface area contributed by atoms with Crippen molar-refractivity contribution in [1.29, 1.82) is 0 Å². The van der Waals surface area contributed by atoms with Crippen LogP contribution in [0.25, 0.3) is 0 Å². The first-order chi connectivity index (χ1) is 5.90. The summed E-state index contributed by atoms with van der Waals surface area (Å²) in [4.78, 5) is 0. The van der Waals surface area contributed by atoms with Crippen molar-refractivity contribution < 1.29 is 0 Å². The van der Waals surface area contributed by atoms with Crippen LogP contribution in [0, 0.1) is 11.3 Å². The Morgan fingerprint density at radius 1 is 1.38 bits per heavy atom. The topological polar surface area (TPSA) is 0 Å². The van der Waals surface area contributed by atoms with Gasteiger partial charge in [0.05, 0.1) is 0 Å². The molecule has 0 saturated heterocycles. The van der Waals surface area contributed by atoms with Crippen LogP contribution in [0.3, 0.4) is 0 Å². The summed E-state index contributed by atoms with van der Waals surface area (Å²) in [7, 11) is 0. The second-order valence-corrected chi connectivity index (χ2v) is 4.85. The van der Waals surface area contributed by atoms with Gasteiger partial charge in [0.1, 0.15) is 0 Å². The fourth-order valence-corrected chi connectivity index (χ4v) is 1.43. The minimum absolute atomic E-state index is 0.394. The van der Waals surface area contributed by atoms with Crippen molar-refractivity contribution in [3.63, 3.8) is 0 Å². The first-order valence-corrected chi connectivity index (χ1v) is 5.16. The zero-order valence-electron chi connectivity index (χ0n) is 9.85. The molecule has 76 valence electrons. The van der Waals surface area contributed by atoms with Crippen LogP contribution in [0.2, 0.25) is 0 Å². The van der Waals surface area contributed by atoms with Crippen LogP contribution in [-0.4, -0.2) is 0 Å². The lowest BCUT2D eigenvalue weighted by Crippen LogP contribution is -2.19. The normalized spacial score (nSPS) is 13.6. The van der Waals surface area contributed by atoms with Gasteiger partial charge in [-0.05, 0) is 38.0 Å². The van der Waals surface area contributed by atoms with E-state index in [2.05, 4.69) is 47.3 Å². The lowest BCUT2D eigenvalue weighted by atomic mass is 9.76. The van der Waals surface area contributed by atoms with Gasteiger partial charge >= 0.3 is 0 Å². The van der Waals surface area contributed by atoms with Crippen molar-refractivity contribution in [2.75, 3.05) is 0 Å². The van der Waals surface area contributed by atoms with Gasteiger partial charge in [0.15, 0.2) is 0 Å². The molecule has 0 aromatic heterocycles. The molecule has 13 heavy (non-hydrogen) atoms. The molecule has 0 nitrogen and oxygen atoms in total. The molecule has 0 aliphatic heterocycles. The highest BCUT2D eigenvalue weighted by Crippen LogP contribution is 2.33. The van der Waals surface area contributed by atoms with Crippen LogP contribution in [0.5, 0.6) is 0 Å². The van der Waals surface area contributed by atoms with Gasteiger partial charge in [-0.2, -0.15) is 0 Å². The minimum atomic E-state index is 0.394. The smallest absolute Gasteiger partial charge is 0.0208 e. The number of hydrogen-bond acceptors (Lipinski definition) is 0. The number of rotatable bonds is 5. The molecule has 0 fully saturated rings. The van der Waals surface area contributed by atoms with Gasteiger partial charge in [0.25, 0.3) is 0 Å². The van der Waals surface area contributed by atoms with Crippen molar-refractivity contribution in [3.8, 4) is 0 Å². The molecule has 0 spiro atoms. The van der Waals surface area contributed by atoms with E-state index in [1.807, 2.05) is 6.08 Å². The molecule has 0 amide bonds. The maximum absolute atomic E-state index is 3.77. The molecule has 0 aliphatic carbocycles. The maximum atomic E-state index is 3.77. The van der Waals surface area contributed by atoms with Gasteiger partial charge < -0.3 is 0 Å². The highest BCUT2D eigenvalue weighted by molar-refractivity contribution is 5.00. The Morgan fingerprint density at radius 2 is 1.92 bits per heavy atom. The zero-order chi connectivity index (χ0) is 10.5. The summed E-state index contributed by atoms with van der Waals surface area (Å²) in [6.07, 6.45) is 6.72. The second-order valence-electron chi connectivity index (χ2n) is 4.85. The Morgan fingerprint density at radius 3 is 2.31 bits per heavy atom. The summed E-state index contributed by atoms with van der Waals surface area (Å²) in [5, 5.41) is 0. The van der Waals surface area contributed by atoms with Crippen LogP contribution in [0.4, 0.5) is 0 Å². The highest BCUT2D eigenvalue weighted by atomic mass is 14.3. The van der Waals surface area contributed by atoms with E-state index >= 15 is 0 Å². The molecular formula is C13H24. The lowest BCUT2D eigenvalue weighted by molar-refractivity contribution is 0.256. The molecule has 0 radical (unpaired) electrons. The van der Waals surface area contributed by atoms with E-state index in [-0.39, 0.29) is 0 Å². The molecule has 0 aromatic carbocycles. The van der Waals surface area contributed by atoms with E-state index in [0.717, 1.165) is 6.42 Å². The second kappa shape index (κ2) is 5.26. The average Bonchev–Trinajstić information content (AvgIpc) is 1.99. The fraction of sp³-hybridized carbons (Fsp3) is 0.692. The predicted octanol–water partition coefficient (Wildman–Crippen LogP) is 4.58. The summed E-state index contributed by atoms with van der Waals surface area (Å²) in [6, 6.07) is 0. The summed E-state index contributed by atoms with van der Waals surface area (Å²) in [5.74, 6) is 0.650. The molecule has 1 unspecified atom stereocenters. The number of hydrogen-bond donors (Lipinski definition) is 0. The Hall–Kier alpha value is -0.520. The van der Waals surface area contributed by atoms with Crippen LogP contribution in [-0.2, 0) is 0 Å². The van der Waals surface area contributed by atoms with Crippen molar-refractivity contribution in [2.24, 2.45) is 11.3 Å². The average molecular weight is 180 g/mol. The fourth-order valence-electron chi connectivity index (χ4n) is 1.43. The van der Waals surface area contributed by atoms with Crippen molar-refractivity contribution in [1.82, 2.24) is 0 Å². The van der Waals surface area contributed by atoms with Crippen LogP contribution in [0.1, 0.15) is 47.5 Å². The van der Waals surface area contributed by atoms with E-state index in [1.165, 1.54) is 12.0 Å². The van der Waals surface area contributed by atoms with Gasteiger partial charge in [-0.3, -0.25) is 0 Å². The number of allylic oxidation sites excluding steroid dienone is 3. The monoisotopic (exact) mass is 180 g/mol. The molecule has 1 atom stereocenters. The first-order valence-electron chi connectivity index (χ1n) is 5.16. The quantitative estimate of drug-likeness (QED) is 0.543. The molecule has 0 heteroatoms. The summed E-state index contributed by atoms with van der Waals surface area (Å²) >= 11 is 0. The van der Waals surface area contributed by atoms with Crippen LogP contribution >= 0.6 is 0 Å². The largest absolute Gasteiger partial charge is 0.103 e. The predicted molar refractivity (Wildman–Crippen MR) is 61.8 cm³/mol. The molecule has 0 aromatic rings. The van der Waals surface area contributed by atoms with Crippen molar-refractivity contribution in [3.05, 3.63) is 24.3 Å². The minimum Gasteiger partial charge on any atom is -0.103 e. The summed E-state index contributed by atoms with van der Waals surface area (Å²) in [5.41, 5.74) is 1.81. The van der Waals surface area contributed by atoms with Gasteiger partial charge in [-0.15, -0.1) is 6.58 Å². The lowest BCUT2D eigenvalue weighted by Gasteiger charge is -2.29. The molecular weight excluding hydrogens is 156 g/mol. The van der Waals surface area contributed by atoms with Crippen molar-refractivity contribution in [2.45, 2.75) is 47.5 Å². The Labute approximate surface area is 83.7 Å². The first kappa shape index (κ1) is 12.5. The third kappa shape index (κ3) is 4.92. The third-order valence-electron chi connectivity index (χ3n) is 2.81. The Kier molecular flexibility index (Phi) is 5.05. The van der Waals surface area contributed by atoms with Gasteiger partial charge in [-0.25, -0.2) is 0 Å². The van der Waals surface area contributed by atoms with Gasteiger partial charge in [-0.1, -0.05) is 38.5 Å². The molecule has 0 saturated carbocycles. The van der Waals surface area contributed by atoms with E-state index in [4.69, 9.17) is 0 Å². The van der Waals surface area contributed by atoms with Gasteiger partial charge in [0, 0.05) is 0 Å². The molecule has 0 heterocycles. The van der Waals surface area contributed by atoms with Crippen molar-refractivity contribution >= 4 is 0 Å². The standard InChI is InChI=1S/C13H24/c1-7-8-9-13(5,6)12(4)10-11(2)3/h7,10,12H,1,8-9H2,2-6H3. The zero-order valence-corrected chi connectivity index (χ0v) is 9.85. The molecule has 0 aliphatic rings. The Balaban J connectivity index is 4.25.